The number of nitrogens with zero attached hydrogens (tertiary/aromatic N) is 2. The van der Waals surface area contributed by atoms with Crippen LogP contribution in [0.1, 0.15) is 18.6 Å². The average molecular weight is 776 g/mol. The molecule has 5 heterocycles. The summed E-state index contributed by atoms with van der Waals surface area (Å²) in [5.74, 6) is 2.10. The standard InChI is InChI=1S/2C10H13N2O4PS.C5H10O3PS.CH4/c1-6-3-12(9(14)11-8(6)13)4-7-5-18-10(16-7)17(2)15;1-6-3-11-9(14)12(8(6)13)4-7-5-18-10(16-7)17(2)15;1-9(7)5-8-4(2-6)3-10-5;/h2*3,7,10H,4-5H2,1-2H3;4-6H,2-3H2,1H3;1H4/q;;+1;/p+2. The number of hydrogen-bond acceptors (Lipinski definition) is 14. The number of rotatable bonds is 8. The van der Waals surface area contributed by atoms with E-state index < -0.39 is 34.8 Å². The summed E-state index contributed by atoms with van der Waals surface area (Å²) in [4.78, 5) is 51.0. The number of nitrogens with one attached hydrogen (secondary N) is 2. The molecule has 2 aromatic heterocycles. The van der Waals surface area contributed by atoms with Crippen LogP contribution in [-0.4, -0.2) is 102 Å². The van der Waals surface area contributed by atoms with E-state index in [0.717, 1.165) is 10.3 Å². The van der Waals surface area contributed by atoms with Crippen molar-refractivity contribution in [1.29, 1.82) is 0 Å². The van der Waals surface area contributed by atoms with E-state index in [0.29, 0.717) is 29.2 Å². The van der Waals surface area contributed by atoms with E-state index >= 15 is 0 Å². The van der Waals surface area contributed by atoms with Crippen LogP contribution in [-0.2, 0) is 41.0 Å². The molecule has 5 rings (SSSR count). The zero-order chi connectivity index (χ0) is 34.1. The maximum Gasteiger partial charge on any atom is 0.378 e. The van der Waals surface area contributed by atoms with Gasteiger partial charge in [0.1, 0.15) is 20.0 Å². The summed E-state index contributed by atoms with van der Waals surface area (Å²) in [7, 11) is -4.04. The zero-order valence-electron chi connectivity index (χ0n) is 25.9. The maximum atomic E-state index is 11.8. The van der Waals surface area contributed by atoms with Crippen LogP contribution in [0.4, 0.5) is 0 Å². The van der Waals surface area contributed by atoms with E-state index in [1.165, 1.54) is 52.2 Å². The first-order valence-electron chi connectivity index (χ1n) is 13.9. The number of aryl methyl sites for hydroxylation is 2. The van der Waals surface area contributed by atoms with E-state index in [4.69, 9.17) is 19.3 Å². The van der Waals surface area contributed by atoms with Crippen molar-refractivity contribution in [2.45, 2.75) is 68.2 Å². The van der Waals surface area contributed by atoms with Crippen molar-refractivity contribution >= 4 is 58.7 Å². The van der Waals surface area contributed by atoms with Gasteiger partial charge in [0.25, 0.3) is 11.1 Å². The van der Waals surface area contributed by atoms with E-state index in [2.05, 4.69) is 9.97 Å². The summed E-state index contributed by atoms with van der Waals surface area (Å²) in [5, 5.41) is 7.83. The van der Waals surface area contributed by atoms with Crippen LogP contribution >= 0.6 is 58.7 Å². The molecule has 0 aromatic carbocycles. The Labute approximate surface area is 287 Å². The Morgan fingerprint density at radius 3 is 1.70 bits per heavy atom. The van der Waals surface area contributed by atoms with E-state index in [1.807, 2.05) is 0 Å². The molecular weight excluding hydrogens is 733 g/mol. The van der Waals surface area contributed by atoms with Gasteiger partial charge in [0.15, 0.2) is 0 Å². The highest BCUT2D eigenvalue weighted by Crippen LogP contribution is 2.41. The molecule has 9 unspecified atom stereocenters. The summed E-state index contributed by atoms with van der Waals surface area (Å²) >= 11 is 4.48. The molecule has 3 N–H and O–H groups in total. The first-order valence-corrected chi connectivity index (χ1v) is 22.4. The monoisotopic (exact) mass is 775 g/mol. The summed E-state index contributed by atoms with van der Waals surface area (Å²) in [5.41, 5.74) is -0.590. The van der Waals surface area contributed by atoms with Gasteiger partial charge in [-0.25, -0.2) is 9.59 Å². The fourth-order valence-corrected chi connectivity index (χ4v) is 10.8. The fraction of sp³-hybridized carbons (Fsp3) is 0.692. The van der Waals surface area contributed by atoms with Crippen LogP contribution in [0, 0.1) is 13.8 Å². The number of ether oxygens (including phenoxy) is 3. The predicted molar refractivity (Wildman–Crippen MR) is 190 cm³/mol. The molecule has 3 aliphatic heterocycles. The molecule has 0 saturated carbocycles. The van der Waals surface area contributed by atoms with Gasteiger partial charge in [0, 0.05) is 40.8 Å². The first-order chi connectivity index (χ1) is 21.7. The average Bonchev–Trinajstić information content (AvgIpc) is 3.78. The molecule has 0 aliphatic carbocycles. The Kier molecular flexibility index (Phi) is 17.5. The lowest BCUT2D eigenvalue weighted by Crippen LogP contribution is -2.39. The molecule has 0 bridgehead atoms. The normalized spacial score (nSPS) is 25.9. The van der Waals surface area contributed by atoms with Crippen molar-refractivity contribution in [3.63, 3.8) is 0 Å². The van der Waals surface area contributed by atoms with Gasteiger partial charge in [0.05, 0.1) is 38.0 Å². The fourth-order valence-electron chi connectivity index (χ4n) is 4.12. The van der Waals surface area contributed by atoms with Crippen LogP contribution in [0.15, 0.2) is 31.6 Å². The van der Waals surface area contributed by atoms with E-state index in [1.54, 1.807) is 33.8 Å². The summed E-state index contributed by atoms with van der Waals surface area (Å²) in [6.45, 7) is 8.77. The zero-order valence-corrected chi connectivity index (χ0v) is 31.0. The van der Waals surface area contributed by atoms with Gasteiger partial charge in [-0.15, -0.1) is 0 Å². The molecule has 3 aliphatic rings. The minimum absolute atomic E-state index is 0. The van der Waals surface area contributed by atoms with Crippen LogP contribution in [0.2, 0.25) is 0 Å². The Morgan fingerprint density at radius 2 is 1.26 bits per heavy atom. The number of thioether (sulfide) groups is 3. The van der Waals surface area contributed by atoms with Crippen molar-refractivity contribution in [3.05, 3.63) is 65.2 Å². The highest BCUT2D eigenvalue weighted by molar-refractivity contribution is 8.05. The summed E-state index contributed by atoms with van der Waals surface area (Å²) < 4.78 is 52.3. The number of hydrogen-bond donors (Lipinski definition) is 3. The van der Waals surface area contributed by atoms with Crippen molar-refractivity contribution < 1.29 is 33.0 Å². The summed E-state index contributed by atoms with van der Waals surface area (Å²) in [6.07, 6.45) is 2.42. The Balaban J connectivity index is 0.000000253. The van der Waals surface area contributed by atoms with Crippen molar-refractivity contribution in [1.82, 2.24) is 19.1 Å². The third-order valence-corrected chi connectivity index (χ3v) is 15.6. The van der Waals surface area contributed by atoms with Gasteiger partial charge >= 0.3 is 50.3 Å². The minimum atomic E-state index is -1.41. The van der Waals surface area contributed by atoms with Gasteiger partial charge in [-0.05, 0) is 13.8 Å². The number of H-pyrrole nitrogens is 2. The van der Waals surface area contributed by atoms with Crippen LogP contribution in [0.5, 0.6) is 0 Å². The van der Waals surface area contributed by atoms with Crippen LogP contribution in [0.25, 0.3) is 0 Å². The maximum absolute atomic E-state index is 11.8. The third kappa shape index (κ3) is 12.4. The molecule has 0 amide bonds. The van der Waals surface area contributed by atoms with E-state index in [-0.39, 0.29) is 65.5 Å². The second-order valence-electron chi connectivity index (χ2n) is 10.4. The second-order valence-corrected chi connectivity index (χ2v) is 19.4. The molecule has 3 fully saturated rings. The van der Waals surface area contributed by atoms with Crippen LogP contribution in [0.3, 0.4) is 0 Å². The molecule has 0 spiro atoms. The Morgan fingerprint density at radius 1 is 0.787 bits per heavy atom. The minimum Gasteiger partial charge on any atom is -0.394 e. The molecule has 9 atom stereocenters. The smallest absolute Gasteiger partial charge is 0.378 e. The molecule has 2 aromatic rings. The molecule has 3 saturated heterocycles. The van der Waals surface area contributed by atoms with Gasteiger partial charge < -0.3 is 24.3 Å². The molecule has 0 radical (unpaired) electrons. The first kappa shape index (κ1) is 41.7. The quantitative estimate of drug-likeness (QED) is 0.330. The number of aliphatic hydroxyl groups is 1. The van der Waals surface area contributed by atoms with Gasteiger partial charge in [-0.1, -0.05) is 56.4 Å². The molecular formula is C26H42N4O11P3S3+3. The van der Waals surface area contributed by atoms with Gasteiger partial charge in [0.2, 0.25) is 0 Å². The van der Waals surface area contributed by atoms with E-state index in [9.17, 15) is 32.9 Å². The molecule has 262 valence electrons. The van der Waals surface area contributed by atoms with Crippen LogP contribution < -0.4 is 22.5 Å². The second kappa shape index (κ2) is 19.7. The largest absolute Gasteiger partial charge is 0.394 e. The SMILES string of the molecule is C.C[P+](=O)C1OC(CO)CS1.Cc1c[nH]c(=O)n(CC2CSC([P+](C)=O)O2)c1=O.Cc1cn(CC2CSC([P+](C)=O)O2)c(=O)[nH]c1=O. The highest BCUT2D eigenvalue weighted by Gasteiger charge is 2.38. The summed E-state index contributed by atoms with van der Waals surface area (Å²) in [6, 6.07) is 0. The lowest BCUT2D eigenvalue weighted by Gasteiger charge is -2.10. The lowest BCUT2D eigenvalue weighted by molar-refractivity contribution is 0.0542. The molecule has 21 heteroatoms. The number of aromatic nitrogens is 4. The predicted octanol–water partition coefficient (Wildman–Crippen LogP) is 2.92. The number of aromatic amines is 2. The van der Waals surface area contributed by atoms with Crippen molar-refractivity contribution in [3.8, 4) is 0 Å². The Hall–Kier alpha value is -1.45. The third-order valence-electron chi connectivity index (χ3n) is 6.51. The Bertz CT molecular complexity index is 1650. The van der Waals surface area contributed by atoms with Gasteiger partial charge in [-0.2, -0.15) is 0 Å². The lowest BCUT2D eigenvalue weighted by atomic mass is 10.3. The van der Waals surface area contributed by atoms with Crippen molar-refractivity contribution in [2.24, 2.45) is 0 Å². The molecule has 15 nitrogen and oxygen atoms in total. The number of aliphatic hydroxyl groups excluding tert-OH is 1. The molecule has 47 heavy (non-hydrogen) atoms. The van der Waals surface area contributed by atoms with Crippen molar-refractivity contribution in [2.75, 3.05) is 43.9 Å². The highest BCUT2D eigenvalue weighted by atomic mass is 32.2. The van der Waals surface area contributed by atoms with Gasteiger partial charge in [-0.3, -0.25) is 23.7 Å². The topological polar surface area (TPSA) is 209 Å².